The summed E-state index contributed by atoms with van der Waals surface area (Å²) in [4.78, 5) is 17.8. The molecule has 33 heavy (non-hydrogen) atoms. The van der Waals surface area contributed by atoms with Gasteiger partial charge in [0.05, 0.1) is 6.04 Å². The van der Waals surface area contributed by atoms with Gasteiger partial charge in [-0.3, -0.25) is 9.69 Å². The fourth-order valence-corrected chi connectivity index (χ4v) is 6.25. The number of rotatable bonds is 7. The van der Waals surface area contributed by atoms with Crippen molar-refractivity contribution in [2.75, 3.05) is 32.7 Å². The zero-order valence-electron chi connectivity index (χ0n) is 19.7. The van der Waals surface area contributed by atoms with Gasteiger partial charge in [-0.25, -0.2) is 0 Å². The number of benzene rings is 2. The molecule has 3 aliphatic rings. The van der Waals surface area contributed by atoms with Gasteiger partial charge >= 0.3 is 0 Å². The fourth-order valence-electron chi connectivity index (χ4n) is 6.25. The van der Waals surface area contributed by atoms with Crippen LogP contribution in [0.25, 0.3) is 0 Å². The molecular weight excluding hydrogens is 430 g/mol. The lowest BCUT2D eigenvalue weighted by molar-refractivity contribution is -0.125. The summed E-state index contributed by atoms with van der Waals surface area (Å²) in [5.41, 5.74) is 4.94. The van der Waals surface area contributed by atoms with Crippen molar-refractivity contribution in [1.29, 1.82) is 0 Å². The minimum absolute atomic E-state index is 0. The molecule has 0 aromatic heterocycles. The number of aryl methyl sites for hydroxylation is 1. The van der Waals surface area contributed by atoms with Crippen molar-refractivity contribution in [1.82, 2.24) is 15.1 Å². The van der Waals surface area contributed by atoms with E-state index in [1.807, 2.05) is 6.07 Å². The molecule has 1 spiro atoms. The van der Waals surface area contributed by atoms with Gasteiger partial charge in [0.15, 0.2) is 0 Å². The zero-order chi connectivity index (χ0) is 21.8. The van der Waals surface area contributed by atoms with Gasteiger partial charge in [-0.15, -0.1) is 12.4 Å². The van der Waals surface area contributed by atoms with Crippen LogP contribution in [0.2, 0.25) is 0 Å². The Bertz CT molecular complexity index is 910. The molecule has 178 valence electrons. The molecule has 0 bridgehead atoms. The van der Waals surface area contributed by atoms with Crippen molar-refractivity contribution in [3.05, 3.63) is 71.3 Å². The van der Waals surface area contributed by atoms with E-state index in [0.29, 0.717) is 5.41 Å². The second kappa shape index (κ2) is 11.0. The number of hydrogen-bond donors (Lipinski definition) is 1. The Morgan fingerprint density at radius 2 is 1.73 bits per heavy atom. The van der Waals surface area contributed by atoms with Crippen LogP contribution in [-0.4, -0.2) is 54.5 Å². The highest BCUT2D eigenvalue weighted by atomic mass is 35.5. The highest BCUT2D eigenvalue weighted by Crippen LogP contribution is 2.46. The van der Waals surface area contributed by atoms with E-state index in [1.54, 1.807) is 11.1 Å². The molecule has 0 radical (unpaired) electrons. The molecule has 2 aromatic carbocycles. The maximum absolute atomic E-state index is 12.8. The topological polar surface area (TPSA) is 35.6 Å². The second-order valence-corrected chi connectivity index (χ2v) is 10.0. The highest BCUT2D eigenvalue weighted by molar-refractivity contribution is 5.85. The number of carbonyl (C=O) groups is 1. The molecule has 0 unspecified atom stereocenters. The van der Waals surface area contributed by atoms with Gasteiger partial charge in [-0.05, 0) is 93.2 Å². The molecule has 1 amide bonds. The van der Waals surface area contributed by atoms with E-state index in [2.05, 4.69) is 63.6 Å². The van der Waals surface area contributed by atoms with Gasteiger partial charge in [-0.1, -0.05) is 54.6 Å². The van der Waals surface area contributed by atoms with Crippen molar-refractivity contribution >= 4 is 18.3 Å². The summed E-state index contributed by atoms with van der Waals surface area (Å²) in [5, 5.41) is 3.23. The Labute approximate surface area is 205 Å². The second-order valence-electron chi connectivity index (χ2n) is 10.0. The summed E-state index contributed by atoms with van der Waals surface area (Å²) in [7, 11) is 0. The first-order chi connectivity index (χ1) is 15.7. The average Bonchev–Trinajstić information content (AvgIpc) is 3.44. The molecule has 5 rings (SSSR count). The minimum Gasteiger partial charge on any atom is -0.355 e. The fraction of sp³-hybridized carbons (Fsp3) is 0.536. The first-order valence-electron chi connectivity index (χ1n) is 12.6. The molecular formula is C28H38ClN3O. The lowest BCUT2D eigenvalue weighted by atomic mass is 9.74. The van der Waals surface area contributed by atoms with Crippen molar-refractivity contribution in [3.8, 4) is 0 Å². The van der Waals surface area contributed by atoms with Gasteiger partial charge in [0.1, 0.15) is 0 Å². The molecule has 5 heteroatoms. The summed E-state index contributed by atoms with van der Waals surface area (Å²) in [5.74, 6) is 0.221. The largest absolute Gasteiger partial charge is 0.355 e. The molecule has 1 N–H and O–H groups in total. The SMILES string of the molecule is Cl.O=C(NCCCN1CCC2(CCc3ccccc32)CC1)[C@@H]1CCCN1Cc1ccccc1. The predicted octanol–water partition coefficient (Wildman–Crippen LogP) is 4.56. The van der Waals surface area contributed by atoms with E-state index in [4.69, 9.17) is 0 Å². The number of nitrogens with one attached hydrogen (secondary N) is 1. The zero-order valence-corrected chi connectivity index (χ0v) is 20.5. The van der Waals surface area contributed by atoms with E-state index in [1.165, 1.54) is 44.3 Å². The summed E-state index contributed by atoms with van der Waals surface area (Å²) in [6.45, 7) is 6.16. The average molecular weight is 468 g/mol. The van der Waals surface area contributed by atoms with Gasteiger partial charge in [-0.2, -0.15) is 0 Å². The Morgan fingerprint density at radius 3 is 2.55 bits per heavy atom. The summed E-state index contributed by atoms with van der Waals surface area (Å²) >= 11 is 0. The molecule has 1 aliphatic carbocycles. The van der Waals surface area contributed by atoms with Gasteiger partial charge < -0.3 is 10.2 Å². The summed E-state index contributed by atoms with van der Waals surface area (Å²) in [6, 6.07) is 19.6. The van der Waals surface area contributed by atoms with Crippen LogP contribution in [0.3, 0.4) is 0 Å². The number of nitrogens with zero attached hydrogens (tertiary/aromatic N) is 2. The lowest BCUT2D eigenvalue weighted by Crippen LogP contribution is -2.44. The normalized spacial score (nSPS) is 22.1. The third-order valence-corrected chi connectivity index (χ3v) is 8.12. The first-order valence-corrected chi connectivity index (χ1v) is 12.6. The Balaban J connectivity index is 0.00000259. The van der Waals surface area contributed by atoms with Crippen LogP contribution in [-0.2, 0) is 23.2 Å². The van der Waals surface area contributed by atoms with Crippen molar-refractivity contribution in [2.24, 2.45) is 0 Å². The number of amides is 1. The third kappa shape index (κ3) is 5.45. The van der Waals surface area contributed by atoms with Crippen LogP contribution in [0.5, 0.6) is 0 Å². The van der Waals surface area contributed by atoms with Crippen LogP contribution in [0.1, 0.15) is 55.2 Å². The van der Waals surface area contributed by atoms with Crippen LogP contribution in [0.4, 0.5) is 0 Å². The number of hydrogen-bond acceptors (Lipinski definition) is 3. The van der Waals surface area contributed by atoms with Crippen LogP contribution in [0, 0.1) is 0 Å². The molecule has 1 atom stereocenters. The maximum Gasteiger partial charge on any atom is 0.237 e. The number of piperidine rings is 1. The van der Waals surface area contributed by atoms with Crippen molar-refractivity contribution in [2.45, 2.75) is 62.9 Å². The molecule has 4 nitrogen and oxygen atoms in total. The Kier molecular flexibility index (Phi) is 8.11. The molecule has 2 heterocycles. The smallest absolute Gasteiger partial charge is 0.237 e. The minimum atomic E-state index is 0. The Hall–Kier alpha value is -1.88. The predicted molar refractivity (Wildman–Crippen MR) is 137 cm³/mol. The van der Waals surface area contributed by atoms with Gasteiger partial charge in [0.2, 0.25) is 5.91 Å². The first kappa shape index (κ1) is 24.3. The van der Waals surface area contributed by atoms with E-state index < -0.39 is 0 Å². The number of carbonyl (C=O) groups excluding carboxylic acids is 1. The molecule has 0 saturated carbocycles. The van der Waals surface area contributed by atoms with E-state index in [-0.39, 0.29) is 24.4 Å². The standard InChI is InChI=1S/C28H37N3O.ClH/c32-27(26-12-6-19-31(26)22-23-8-2-1-3-9-23)29-17-7-18-30-20-15-28(16-21-30)14-13-24-10-4-5-11-25(24)28;/h1-5,8-11,26H,6-7,12-22H2,(H,29,32);1H/t26-;/m0./s1. The number of halogens is 1. The van der Waals surface area contributed by atoms with Gasteiger partial charge in [0.25, 0.3) is 0 Å². The number of fused-ring (bicyclic) bond motifs is 2. The summed E-state index contributed by atoms with van der Waals surface area (Å²) in [6.07, 6.45) is 8.29. The van der Waals surface area contributed by atoms with Crippen LogP contribution in [0.15, 0.2) is 54.6 Å². The monoisotopic (exact) mass is 467 g/mol. The van der Waals surface area contributed by atoms with Crippen LogP contribution >= 0.6 is 12.4 Å². The van der Waals surface area contributed by atoms with E-state index in [0.717, 1.165) is 45.4 Å². The summed E-state index contributed by atoms with van der Waals surface area (Å²) < 4.78 is 0. The van der Waals surface area contributed by atoms with Gasteiger partial charge in [0, 0.05) is 13.1 Å². The quantitative estimate of drug-likeness (QED) is 0.606. The molecule has 2 aliphatic heterocycles. The Morgan fingerprint density at radius 1 is 0.970 bits per heavy atom. The lowest BCUT2D eigenvalue weighted by Gasteiger charge is -2.40. The molecule has 2 fully saturated rings. The van der Waals surface area contributed by atoms with Crippen molar-refractivity contribution in [3.63, 3.8) is 0 Å². The highest BCUT2D eigenvalue weighted by Gasteiger charge is 2.40. The van der Waals surface area contributed by atoms with Crippen molar-refractivity contribution < 1.29 is 4.79 Å². The van der Waals surface area contributed by atoms with Crippen LogP contribution < -0.4 is 5.32 Å². The van der Waals surface area contributed by atoms with E-state index >= 15 is 0 Å². The number of likely N-dealkylation sites (tertiary alicyclic amines) is 2. The molecule has 2 aromatic rings. The van der Waals surface area contributed by atoms with E-state index in [9.17, 15) is 4.79 Å². The molecule has 2 saturated heterocycles. The maximum atomic E-state index is 12.8. The third-order valence-electron chi connectivity index (χ3n) is 8.12.